The van der Waals surface area contributed by atoms with Crippen LogP contribution in [0.25, 0.3) is 0 Å². The van der Waals surface area contributed by atoms with Gasteiger partial charge in [-0.25, -0.2) is 4.79 Å². The Morgan fingerprint density at radius 2 is 1.86 bits per heavy atom. The lowest BCUT2D eigenvalue weighted by atomic mass is 9.58. The maximum atomic E-state index is 13.4. The molecule has 0 amide bonds. The van der Waals surface area contributed by atoms with E-state index >= 15 is 0 Å². The van der Waals surface area contributed by atoms with Crippen molar-refractivity contribution in [2.75, 3.05) is 21.0 Å². The summed E-state index contributed by atoms with van der Waals surface area (Å²) in [7, 11) is 3.27. The van der Waals surface area contributed by atoms with Gasteiger partial charge in [-0.1, -0.05) is 54.9 Å². The number of fused-ring (bicyclic) bond motifs is 1. The van der Waals surface area contributed by atoms with Gasteiger partial charge in [0.05, 0.1) is 21.6 Å². The van der Waals surface area contributed by atoms with E-state index in [1.54, 1.807) is 26.0 Å². The first-order valence-corrected chi connectivity index (χ1v) is 11.8. The Labute approximate surface area is 185 Å². The fourth-order valence-corrected chi connectivity index (χ4v) is 9.64. The van der Waals surface area contributed by atoms with E-state index in [4.69, 9.17) is 18.9 Å². The molecule has 1 aliphatic heterocycles. The van der Waals surface area contributed by atoms with Crippen molar-refractivity contribution >= 4 is 33.7 Å². The number of ether oxygens (including phenoxy) is 4. The first kappa shape index (κ1) is 21.6. The quantitative estimate of drug-likeness (QED) is 0.338. The molecule has 1 spiro atoms. The van der Waals surface area contributed by atoms with Crippen LogP contribution in [-0.2, 0) is 23.7 Å². The zero-order valence-corrected chi connectivity index (χ0v) is 20.0. The summed E-state index contributed by atoms with van der Waals surface area (Å²) in [5.74, 6) is -0.271. The van der Waals surface area contributed by atoms with E-state index in [2.05, 4.69) is 48.8 Å². The number of hydrogen-bond acceptors (Lipinski definition) is 6. The van der Waals surface area contributed by atoms with Gasteiger partial charge >= 0.3 is 5.97 Å². The number of benzene rings is 1. The molecule has 5 nitrogen and oxygen atoms in total. The molecule has 2 bridgehead atoms. The molecule has 1 saturated heterocycles. The highest BCUT2D eigenvalue weighted by Crippen LogP contribution is 2.77. The molecule has 0 N–H and O–H groups in total. The van der Waals surface area contributed by atoms with E-state index in [-0.39, 0.29) is 28.9 Å². The van der Waals surface area contributed by atoms with Crippen molar-refractivity contribution in [2.45, 2.75) is 65.9 Å². The summed E-state index contributed by atoms with van der Waals surface area (Å²) < 4.78 is 23.9. The van der Waals surface area contributed by atoms with Gasteiger partial charge in [0.2, 0.25) is 0 Å². The van der Waals surface area contributed by atoms with Gasteiger partial charge in [-0.3, -0.25) is 0 Å². The number of esters is 1. The van der Waals surface area contributed by atoms with Crippen molar-refractivity contribution in [3.05, 3.63) is 30.3 Å². The van der Waals surface area contributed by atoms with E-state index in [1.807, 2.05) is 18.2 Å². The third-order valence-corrected chi connectivity index (χ3v) is 10.3. The highest BCUT2D eigenvalue weighted by Gasteiger charge is 2.91. The van der Waals surface area contributed by atoms with Crippen molar-refractivity contribution in [3.63, 3.8) is 0 Å². The Morgan fingerprint density at radius 1 is 1.17 bits per heavy atom. The second-order valence-electron chi connectivity index (χ2n) is 8.89. The standard InChI is InChI=1S/C22H29BrO5S/c1-19(2)21(26-5)17(29-14-9-7-6-8-10-14)20(3)16(27-13-25-4)12-11-15(23)22(19,20)28-18(21)24/h6-10,15-17H,11-13H2,1-5H3/t15-,16+,17+,20+,21+,22-/m1/s1. The zero-order chi connectivity index (χ0) is 21.1. The minimum Gasteiger partial charge on any atom is -0.454 e. The molecule has 1 heterocycles. The Hall–Kier alpha value is -0.600. The third-order valence-electron chi connectivity index (χ3n) is 7.63. The molecule has 2 aliphatic carbocycles. The SMILES string of the molecule is COCO[C@H]1CC[C@@H](Br)[C@]23OC(=O)[C@@](OC)([C@@H](Sc4ccccc4)[C@]12C)C3(C)C. The summed E-state index contributed by atoms with van der Waals surface area (Å²) in [6.07, 6.45) is 1.59. The number of hydrogen-bond donors (Lipinski definition) is 0. The maximum absolute atomic E-state index is 13.4. The van der Waals surface area contributed by atoms with Gasteiger partial charge in [-0.05, 0) is 25.0 Å². The van der Waals surface area contributed by atoms with Crippen LogP contribution in [0, 0.1) is 10.8 Å². The largest absolute Gasteiger partial charge is 0.454 e. The zero-order valence-electron chi connectivity index (χ0n) is 17.6. The van der Waals surface area contributed by atoms with Crippen LogP contribution in [0.4, 0.5) is 0 Å². The first-order valence-electron chi connectivity index (χ1n) is 9.99. The van der Waals surface area contributed by atoms with Crippen LogP contribution in [-0.4, -0.2) is 54.4 Å². The second kappa shape index (κ2) is 7.23. The molecule has 160 valence electrons. The lowest BCUT2D eigenvalue weighted by Gasteiger charge is -2.57. The van der Waals surface area contributed by atoms with Crippen LogP contribution in [0.1, 0.15) is 33.6 Å². The number of methoxy groups -OCH3 is 2. The molecule has 3 aliphatic rings. The number of rotatable bonds is 6. The van der Waals surface area contributed by atoms with Crippen LogP contribution >= 0.6 is 27.7 Å². The summed E-state index contributed by atoms with van der Waals surface area (Å²) in [4.78, 5) is 14.5. The minimum atomic E-state index is -1.08. The van der Waals surface area contributed by atoms with Crippen LogP contribution < -0.4 is 0 Å². The molecule has 0 radical (unpaired) electrons. The normalized spacial score (nSPS) is 42.6. The average Bonchev–Trinajstić information content (AvgIpc) is 2.96. The molecule has 1 aromatic rings. The molecule has 7 heteroatoms. The molecule has 29 heavy (non-hydrogen) atoms. The summed E-state index contributed by atoms with van der Waals surface area (Å²) in [6, 6.07) is 10.2. The van der Waals surface area contributed by atoms with Crippen molar-refractivity contribution in [1.82, 2.24) is 0 Å². The lowest BCUT2D eigenvalue weighted by molar-refractivity contribution is -0.224. The number of thioether (sulfide) groups is 1. The van der Waals surface area contributed by atoms with Gasteiger partial charge in [0.25, 0.3) is 0 Å². The molecule has 4 rings (SSSR count). The molecule has 6 atom stereocenters. The van der Waals surface area contributed by atoms with Gasteiger partial charge in [-0.2, -0.15) is 0 Å². The molecule has 0 unspecified atom stereocenters. The monoisotopic (exact) mass is 484 g/mol. The van der Waals surface area contributed by atoms with E-state index in [0.717, 1.165) is 17.7 Å². The maximum Gasteiger partial charge on any atom is 0.340 e. The molecule has 2 saturated carbocycles. The van der Waals surface area contributed by atoms with E-state index in [9.17, 15) is 4.79 Å². The molecule has 0 aromatic heterocycles. The van der Waals surface area contributed by atoms with Crippen LogP contribution in [0.15, 0.2) is 35.2 Å². The van der Waals surface area contributed by atoms with Crippen molar-refractivity contribution < 1.29 is 23.7 Å². The Balaban J connectivity index is 1.92. The Kier molecular flexibility index (Phi) is 5.39. The van der Waals surface area contributed by atoms with Gasteiger partial charge in [0, 0.05) is 24.5 Å². The minimum absolute atomic E-state index is 0.0137. The van der Waals surface area contributed by atoms with Crippen molar-refractivity contribution in [2.24, 2.45) is 10.8 Å². The fourth-order valence-electron chi connectivity index (χ4n) is 6.41. The average molecular weight is 485 g/mol. The van der Waals surface area contributed by atoms with Crippen molar-refractivity contribution in [1.29, 1.82) is 0 Å². The summed E-state index contributed by atoms with van der Waals surface area (Å²) in [5.41, 5.74) is -2.87. The van der Waals surface area contributed by atoms with Gasteiger partial charge in [0.1, 0.15) is 12.4 Å². The fraction of sp³-hybridized carbons (Fsp3) is 0.682. The molecular weight excluding hydrogens is 456 g/mol. The third kappa shape index (κ3) is 2.42. The Bertz CT molecular complexity index is 787. The van der Waals surface area contributed by atoms with Crippen LogP contribution in [0.2, 0.25) is 0 Å². The van der Waals surface area contributed by atoms with E-state index < -0.39 is 22.0 Å². The molecular formula is C22H29BrO5S. The number of carbonyl (C=O) groups is 1. The summed E-state index contributed by atoms with van der Waals surface area (Å²) >= 11 is 5.61. The predicted molar refractivity (Wildman–Crippen MR) is 115 cm³/mol. The highest BCUT2D eigenvalue weighted by molar-refractivity contribution is 9.09. The second-order valence-corrected chi connectivity index (χ2v) is 11.2. The van der Waals surface area contributed by atoms with Gasteiger partial charge in [-0.15, -0.1) is 11.8 Å². The Morgan fingerprint density at radius 3 is 2.48 bits per heavy atom. The number of alkyl halides is 1. The highest BCUT2D eigenvalue weighted by atomic mass is 79.9. The number of halogens is 1. The molecule has 1 aromatic carbocycles. The lowest BCUT2D eigenvalue weighted by Crippen LogP contribution is -2.68. The molecule has 3 fully saturated rings. The van der Waals surface area contributed by atoms with Crippen LogP contribution in [0.5, 0.6) is 0 Å². The van der Waals surface area contributed by atoms with E-state index in [0.29, 0.717) is 0 Å². The first-order chi connectivity index (χ1) is 13.7. The smallest absolute Gasteiger partial charge is 0.340 e. The topological polar surface area (TPSA) is 54.0 Å². The van der Waals surface area contributed by atoms with Crippen molar-refractivity contribution in [3.8, 4) is 0 Å². The van der Waals surface area contributed by atoms with Gasteiger partial charge < -0.3 is 18.9 Å². The summed E-state index contributed by atoms with van der Waals surface area (Å²) in [6.45, 7) is 6.63. The van der Waals surface area contributed by atoms with E-state index in [1.165, 1.54) is 0 Å². The number of carbonyl (C=O) groups excluding carboxylic acids is 1. The van der Waals surface area contributed by atoms with Gasteiger partial charge in [0.15, 0.2) is 5.60 Å². The van der Waals surface area contributed by atoms with Crippen LogP contribution in [0.3, 0.4) is 0 Å². The summed E-state index contributed by atoms with van der Waals surface area (Å²) in [5, 5.41) is -0.180. The predicted octanol–water partition coefficient (Wildman–Crippen LogP) is 4.42.